The number of ether oxygens (including phenoxy) is 1. The van der Waals surface area contributed by atoms with Gasteiger partial charge < -0.3 is 10.1 Å². The van der Waals surface area contributed by atoms with E-state index in [2.05, 4.69) is 31.1 Å². The lowest BCUT2D eigenvalue weighted by atomic mass is 9.82. The van der Waals surface area contributed by atoms with Crippen LogP contribution in [0.1, 0.15) is 45.7 Å². The third-order valence-corrected chi connectivity index (χ3v) is 4.21. The van der Waals surface area contributed by atoms with Crippen molar-refractivity contribution in [3.63, 3.8) is 0 Å². The minimum Gasteiger partial charge on any atom is -0.372 e. The van der Waals surface area contributed by atoms with Crippen LogP contribution in [-0.2, 0) is 11.3 Å². The molecule has 2 unspecified atom stereocenters. The summed E-state index contributed by atoms with van der Waals surface area (Å²) in [5.41, 5.74) is 0.830. The second kappa shape index (κ2) is 7.28. The lowest BCUT2D eigenvalue weighted by Gasteiger charge is -2.31. The first-order valence-electron chi connectivity index (χ1n) is 7.59. The van der Waals surface area contributed by atoms with Crippen LogP contribution >= 0.6 is 11.6 Å². The molecule has 0 spiro atoms. The summed E-state index contributed by atoms with van der Waals surface area (Å²) in [6.45, 7) is 8.03. The summed E-state index contributed by atoms with van der Waals surface area (Å²) in [5, 5.41) is 3.89. The molecule has 0 aromatic carbocycles. The van der Waals surface area contributed by atoms with Gasteiger partial charge in [-0.1, -0.05) is 25.4 Å². The maximum atomic E-state index is 6.20. The first kappa shape index (κ1) is 15.6. The van der Waals surface area contributed by atoms with E-state index in [-0.39, 0.29) is 0 Å². The molecule has 0 saturated heterocycles. The lowest BCUT2D eigenvalue weighted by molar-refractivity contribution is -0.0104. The zero-order valence-corrected chi connectivity index (χ0v) is 13.4. The Morgan fingerprint density at radius 1 is 1.25 bits per heavy atom. The van der Waals surface area contributed by atoms with Crippen LogP contribution in [0.4, 0.5) is 5.82 Å². The summed E-state index contributed by atoms with van der Waals surface area (Å²) < 4.78 is 6.05. The topological polar surface area (TPSA) is 34.1 Å². The van der Waals surface area contributed by atoms with E-state index in [1.54, 1.807) is 0 Å². The highest BCUT2D eigenvalue weighted by Crippen LogP contribution is 2.31. The van der Waals surface area contributed by atoms with Crippen molar-refractivity contribution >= 4 is 17.4 Å². The van der Waals surface area contributed by atoms with E-state index in [0.717, 1.165) is 42.7 Å². The van der Waals surface area contributed by atoms with Crippen LogP contribution < -0.4 is 5.32 Å². The van der Waals surface area contributed by atoms with Gasteiger partial charge in [-0.05, 0) is 50.2 Å². The van der Waals surface area contributed by atoms with Gasteiger partial charge in [-0.15, -0.1) is 0 Å². The van der Waals surface area contributed by atoms with E-state index >= 15 is 0 Å². The van der Waals surface area contributed by atoms with Gasteiger partial charge in [0.15, 0.2) is 0 Å². The summed E-state index contributed by atoms with van der Waals surface area (Å²) in [7, 11) is 0. The van der Waals surface area contributed by atoms with Crippen LogP contribution in [0, 0.1) is 11.8 Å². The van der Waals surface area contributed by atoms with Gasteiger partial charge in [-0.25, -0.2) is 4.98 Å². The molecule has 2 atom stereocenters. The minimum atomic E-state index is 0.342. The fraction of sp³-hybridized carbons (Fsp3) is 0.688. The molecule has 20 heavy (non-hydrogen) atoms. The largest absolute Gasteiger partial charge is 0.372 e. The molecule has 1 N–H and O–H groups in total. The fourth-order valence-electron chi connectivity index (χ4n) is 3.07. The molecular weight excluding hydrogens is 272 g/mol. The summed E-state index contributed by atoms with van der Waals surface area (Å²) in [4.78, 5) is 4.52. The Labute approximate surface area is 127 Å². The molecule has 0 amide bonds. The van der Waals surface area contributed by atoms with E-state index in [9.17, 15) is 0 Å². The number of aromatic nitrogens is 1. The normalized spacial score (nSPS) is 26.5. The van der Waals surface area contributed by atoms with Gasteiger partial charge in [0.1, 0.15) is 5.82 Å². The molecule has 3 nitrogen and oxygen atoms in total. The molecule has 1 aromatic rings. The molecule has 1 aliphatic carbocycles. The smallest absolute Gasteiger partial charge is 0.126 e. The number of nitrogens with one attached hydrogen (secondary N) is 1. The van der Waals surface area contributed by atoms with Crippen molar-refractivity contribution in [1.82, 2.24) is 4.98 Å². The van der Waals surface area contributed by atoms with E-state index in [4.69, 9.17) is 16.3 Å². The maximum absolute atomic E-state index is 6.20. The Hall–Kier alpha value is -0.800. The number of hydrogen-bond donors (Lipinski definition) is 1. The van der Waals surface area contributed by atoms with Crippen molar-refractivity contribution in [2.45, 2.75) is 52.7 Å². The number of nitrogens with zero attached hydrogens (tertiary/aromatic N) is 1. The monoisotopic (exact) mass is 296 g/mol. The van der Waals surface area contributed by atoms with Gasteiger partial charge in [0.25, 0.3) is 0 Å². The SMILES string of the molecule is CCNc1ccc(Cl)c(COC2CC(C)CC(C)C2)n1. The molecule has 1 aliphatic rings. The molecule has 112 valence electrons. The maximum Gasteiger partial charge on any atom is 0.126 e. The van der Waals surface area contributed by atoms with Crippen molar-refractivity contribution in [2.24, 2.45) is 11.8 Å². The van der Waals surface area contributed by atoms with E-state index in [1.807, 2.05) is 12.1 Å². The molecule has 0 bridgehead atoms. The third-order valence-electron chi connectivity index (χ3n) is 3.87. The van der Waals surface area contributed by atoms with Gasteiger partial charge in [0.2, 0.25) is 0 Å². The molecule has 0 radical (unpaired) electrons. The van der Waals surface area contributed by atoms with E-state index in [0.29, 0.717) is 17.7 Å². The molecule has 1 heterocycles. The summed E-state index contributed by atoms with van der Waals surface area (Å²) in [6, 6.07) is 3.79. The van der Waals surface area contributed by atoms with Gasteiger partial charge in [-0.3, -0.25) is 0 Å². The average molecular weight is 297 g/mol. The second-order valence-electron chi connectivity index (χ2n) is 6.01. The van der Waals surface area contributed by atoms with E-state index in [1.165, 1.54) is 6.42 Å². The van der Waals surface area contributed by atoms with Crippen LogP contribution in [0.15, 0.2) is 12.1 Å². The Kier molecular flexibility index (Phi) is 5.67. The predicted molar refractivity (Wildman–Crippen MR) is 84.2 cm³/mol. The molecule has 1 saturated carbocycles. The number of rotatable bonds is 5. The van der Waals surface area contributed by atoms with Crippen LogP contribution in [0.5, 0.6) is 0 Å². The summed E-state index contributed by atoms with van der Waals surface area (Å²) in [6.07, 6.45) is 3.95. The molecule has 1 aromatic heterocycles. The van der Waals surface area contributed by atoms with Crippen molar-refractivity contribution in [3.8, 4) is 0 Å². The summed E-state index contributed by atoms with van der Waals surface area (Å²) >= 11 is 6.20. The predicted octanol–water partition coefficient (Wildman–Crippen LogP) is 4.51. The third kappa shape index (κ3) is 4.35. The van der Waals surface area contributed by atoms with Gasteiger partial charge in [0.05, 0.1) is 23.4 Å². The van der Waals surface area contributed by atoms with Gasteiger partial charge in [0, 0.05) is 6.54 Å². The first-order chi connectivity index (χ1) is 9.58. The number of pyridine rings is 1. The highest BCUT2D eigenvalue weighted by atomic mass is 35.5. The number of hydrogen-bond acceptors (Lipinski definition) is 3. The van der Waals surface area contributed by atoms with Crippen molar-refractivity contribution < 1.29 is 4.74 Å². The quantitative estimate of drug-likeness (QED) is 0.868. The molecule has 1 fully saturated rings. The highest BCUT2D eigenvalue weighted by Gasteiger charge is 2.24. The van der Waals surface area contributed by atoms with Crippen LogP contribution in [0.2, 0.25) is 5.02 Å². The highest BCUT2D eigenvalue weighted by molar-refractivity contribution is 6.31. The zero-order valence-electron chi connectivity index (χ0n) is 12.7. The standard InChI is InChI=1S/C16H25ClN2O/c1-4-18-16-6-5-14(17)15(19-16)10-20-13-8-11(2)7-12(3)9-13/h5-6,11-13H,4,7-10H2,1-3H3,(H,18,19). The minimum absolute atomic E-state index is 0.342. The van der Waals surface area contributed by atoms with Crippen LogP contribution in [0.3, 0.4) is 0 Å². The number of anilines is 1. The Morgan fingerprint density at radius 2 is 1.95 bits per heavy atom. The molecular formula is C16H25ClN2O. The Bertz CT molecular complexity index is 428. The van der Waals surface area contributed by atoms with Crippen molar-refractivity contribution in [1.29, 1.82) is 0 Å². The van der Waals surface area contributed by atoms with Crippen LogP contribution in [0.25, 0.3) is 0 Å². The molecule has 4 heteroatoms. The zero-order chi connectivity index (χ0) is 14.5. The van der Waals surface area contributed by atoms with E-state index < -0.39 is 0 Å². The molecule has 0 aliphatic heterocycles. The van der Waals surface area contributed by atoms with Crippen molar-refractivity contribution in [2.75, 3.05) is 11.9 Å². The number of halogens is 1. The Morgan fingerprint density at radius 3 is 2.60 bits per heavy atom. The molecule has 2 rings (SSSR count). The lowest BCUT2D eigenvalue weighted by Crippen LogP contribution is -2.26. The second-order valence-corrected chi connectivity index (χ2v) is 6.41. The van der Waals surface area contributed by atoms with Gasteiger partial charge in [-0.2, -0.15) is 0 Å². The average Bonchev–Trinajstić information content (AvgIpc) is 2.38. The summed E-state index contributed by atoms with van der Waals surface area (Å²) in [5.74, 6) is 2.36. The van der Waals surface area contributed by atoms with Crippen molar-refractivity contribution in [3.05, 3.63) is 22.8 Å². The van der Waals surface area contributed by atoms with Crippen LogP contribution in [-0.4, -0.2) is 17.6 Å². The van der Waals surface area contributed by atoms with Gasteiger partial charge >= 0.3 is 0 Å². The first-order valence-corrected chi connectivity index (χ1v) is 7.97. The Balaban J connectivity index is 1.94. The fourth-order valence-corrected chi connectivity index (χ4v) is 3.23.